The molecule has 1 aromatic carbocycles. The summed E-state index contributed by atoms with van der Waals surface area (Å²) in [5.41, 5.74) is 1.63. The topological polar surface area (TPSA) is 62.3 Å². The quantitative estimate of drug-likeness (QED) is 0.731. The summed E-state index contributed by atoms with van der Waals surface area (Å²) >= 11 is 1.18. The molecule has 7 heteroatoms. The van der Waals surface area contributed by atoms with Crippen molar-refractivity contribution >= 4 is 32.9 Å². The second-order valence-corrected chi connectivity index (χ2v) is 8.14. The Bertz CT molecular complexity index is 877. The van der Waals surface area contributed by atoms with Crippen molar-refractivity contribution in [1.29, 1.82) is 0 Å². The number of pyridine rings is 1. The fourth-order valence-corrected chi connectivity index (χ4v) is 4.27. The third-order valence-corrected chi connectivity index (χ3v) is 6.19. The lowest BCUT2D eigenvalue weighted by atomic mass is 10.2. The van der Waals surface area contributed by atoms with E-state index in [-0.39, 0.29) is 4.21 Å². The fourth-order valence-electron chi connectivity index (χ4n) is 2.23. The molecule has 0 fully saturated rings. The smallest absolute Gasteiger partial charge is 0.271 e. The first-order valence-electron chi connectivity index (χ1n) is 7.32. The van der Waals surface area contributed by atoms with E-state index in [4.69, 9.17) is 0 Å². The van der Waals surface area contributed by atoms with Gasteiger partial charge in [-0.1, -0.05) is 36.4 Å². The lowest BCUT2D eigenvalue weighted by Gasteiger charge is -2.18. The van der Waals surface area contributed by atoms with Crippen LogP contribution in [0.15, 0.2) is 70.4 Å². The van der Waals surface area contributed by atoms with Gasteiger partial charge >= 0.3 is 0 Å². The fraction of sp³-hybridized carbons (Fsp3) is 0.118. The molecule has 1 N–H and O–H groups in total. The Labute approximate surface area is 145 Å². The predicted octanol–water partition coefficient (Wildman–Crippen LogP) is 3.58. The van der Waals surface area contributed by atoms with Crippen LogP contribution in [0, 0.1) is 0 Å². The van der Waals surface area contributed by atoms with Crippen molar-refractivity contribution in [1.82, 2.24) is 4.98 Å². The summed E-state index contributed by atoms with van der Waals surface area (Å²) in [6.45, 7) is 0.730. The largest absolute Gasteiger partial charge is 0.355 e. The zero-order valence-corrected chi connectivity index (χ0v) is 14.7. The molecule has 0 bridgehead atoms. The summed E-state index contributed by atoms with van der Waals surface area (Å²) in [4.78, 5) is 6.35. The first-order valence-corrected chi connectivity index (χ1v) is 9.68. The van der Waals surface area contributed by atoms with Crippen molar-refractivity contribution in [2.45, 2.75) is 10.8 Å². The molecule has 24 heavy (non-hydrogen) atoms. The number of sulfonamides is 1. The van der Waals surface area contributed by atoms with Crippen molar-refractivity contribution in [3.63, 3.8) is 0 Å². The van der Waals surface area contributed by atoms with Gasteiger partial charge in [0.2, 0.25) is 0 Å². The average Bonchev–Trinajstić information content (AvgIpc) is 3.11. The van der Waals surface area contributed by atoms with Crippen LogP contribution < -0.4 is 9.62 Å². The second kappa shape index (κ2) is 7.02. The van der Waals surface area contributed by atoms with Gasteiger partial charge in [-0.2, -0.15) is 0 Å². The van der Waals surface area contributed by atoms with Crippen molar-refractivity contribution in [3.05, 3.63) is 71.7 Å². The number of hydrogen-bond donors (Lipinski definition) is 1. The predicted molar refractivity (Wildman–Crippen MR) is 97.9 cm³/mol. The number of benzene rings is 1. The Balaban J connectivity index is 1.69. The Morgan fingerprint density at radius 1 is 1.08 bits per heavy atom. The van der Waals surface area contributed by atoms with Gasteiger partial charge in [0, 0.05) is 13.6 Å². The lowest BCUT2D eigenvalue weighted by molar-refractivity contribution is 0.603. The van der Waals surface area contributed by atoms with Crippen LogP contribution in [0.5, 0.6) is 0 Å². The third kappa shape index (κ3) is 3.93. The van der Waals surface area contributed by atoms with E-state index >= 15 is 0 Å². The summed E-state index contributed by atoms with van der Waals surface area (Å²) in [5, 5.41) is 1.73. The van der Waals surface area contributed by atoms with Crippen LogP contribution in [-0.4, -0.2) is 20.4 Å². The minimum absolute atomic E-state index is 0.285. The molecule has 2 aromatic heterocycles. The first kappa shape index (κ1) is 16.5. The number of thiophene rings is 1. The highest BCUT2D eigenvalue weighted by atomic mass is 32.2. The van der Waals surface area contributed by atoms with Gasteiger partial charge in [-0.15, -0.1) is 11.3 Å². The minimum Gasteiger partial charge on any atom is -0.355 e. The van der Waals surface area contributed by atoms with E-state index in [0.717, 1.165) is 12.4 Å². The van der Waals surface area contributed by atoms with Crippen LogP contribution in [-0.2, 0) is 16.6 Å². The first-order chi connectivity index (χ1) is 11.5. The van der Waals surface area contributed by atoms with Gasteiger partial charge < -0.3 is 4.90 Å². The lowest BCUT2D eigenvalue weighted by Crippen LogP contribution is -2.18. The van der Waals surface area contributed by atoms with Crippen LogP contribution in [0.2, 0.25) is 0 Å². The molecule has 0 saturated heterocycles. The van der Waals surface area contributed by atoms with E-state index in [1.165, 1.54) is 23.1 Å². The second-order valence-electron chi connectivity index (χ2n) is 5.28. The van der Waals surface area contributed by atoms with Crippen molar-refractivity contribution in [2.24, 2.45) is 0 Å². The molecule has 124 valence electrons. The molecule has 0 aliphatic rings. The van der Waals surface area contributed by atoms with Crippen LogP contribution >= 0.6 is 11.3 Å². The van der Waals surface area contributed by atoms with E-state index in [0.29, 0.717) is 5.69 Å². The highest BCUT2D eigenvalue weighted by molar-refractivity contribution is 7.94. The SMILES string of the molecule is CN(Cc1ccccc1)c1ccc(NS(=O)(=O)c2cccs2)cn1. The molecule has 2 heterocycles. The van der Waals surface area contributed by atoms with E-state index < -0.39 is 10.0 Å². The van der Waals surface area contributed by atoms with E-state index in [1.54, 1.807) is 29.6 Å². The van der Waals surface area contributed by atoms with Gasteiger partial charge in [-0.05, 0) is 29.1 Å². The Hall–Kier alpha value is -2.38. The molecule has 0 atom stereocenters. The van der Waals surface area contributed by atoms with Crippen LogP contribution in [0.25, 0.3) is 0 Å². The molecular weight excluding hydrogens is 342 g/mol. The van der Waals surface area contributed by atoms with Crippen molar-refractivity contribution < 1.29 is 8.42 Å². The highest BCUT2D eigenvalue weighted by Crippen LogP contribution is 2.21. The molecule has 0 unspecified atom stereocenters. The van der Waals surface area contributed by atoms with Gasteiger partial charge in [-0.3, -0.25) is 4.72 Å². The molecule has 0 amide bonds. The van der Waals surface area contributed by atoms with Gasteiger partial charge in [0.25, 0.3) is 10.0 Å². The monoisotopic (exact) mass is 359 g/mol. The van der Waals surface area contributed by atoms with Gasteiger partial charge in [0.05, 0.1) is 11.9 Å². The normalized spacial score (nSPS) is 11.2. The van der Waals surface area contributed by atoms with Gasteiger partial charge in [-0.25, -0.2) is 13.4 Å². The number of aromatic nitrogens is 1. The average molecular weight is 359 g/mol. The van der Waals surface area contributed by atoms with Gasteiger partial charge in [0.15, 0.2) is 0 Å². The standard InChI is InChI=1S/C17H17N3O2S2/c1-20(13-14-6-3-2-4-7-14)16-10-9-15(12-18-16)19-24(21,22)17-8-5-11-23-17/h2-12,19H,13H2,1H3. The van der Waals surface area contributed by atoms with Crippen LogP contribution in [0.4, 0.5) is 11.5 Å². The van der Waals surface area contributed by atoms with Crippen molar-refractivity contribution in [2.75, 3.05) is 16.7 Å². The molecule has 0 aliphatic carbocycles. The maximum absolute atomic E-state index is 12.2. The molecule has 0 spiro atoms. The number of nitrogens with one attached hydrogen (secondary N) is 1. The third-order valence-electron chi connectivity index (χ3n) is 3.41. The van der Waals surface area contributed by atoms with E-state index in [2.05, 4.69) is 21.8 Å². The van der Waals surface area contributed by atoms with E-state index in [1.807, 2.05) is 30.1 Å². The summed E-state index contributed by atoms with van der Waals surface area (Å²) < 4.78 is 27.2. The molecule has 5 nitrogen and oxygen atoms in total. The molecule has 3 rings (SSSR count). The maximum atomic E-state index is 12.2. The van der Waals surface area contributed by atoms with Crippen LogP contribution in [0.3, 0.4) is 0 Å². The zero-order chi connectivity index (χ0) is 17.0. The highest BCUT2D eigenvalue weighted by Gasteiger charge is 2.15. The Kier molecular flexibility index (Phi) is 4.82. The van der Waals surface area contributed by atoms with Gasteiger partial charge in [0.1, 0.15) is 10.0 Å². The number of anilines is 2. The maximum Gasteiger partial charge on any atom is 0.271 e. The van der Waals surface area contributed by atoms with E-state index in [9.17, 15) is 8.42 Å². The molecule has 3 aromatic rings. The Morgan fingerprint density at radius 3 is 2.50 bits per heavy atom. The molecular formula is C17H17N3O2S2. The van der Waals surface area contributed by atoms with Crippen LogP contribution in [0.1, 0.15) is 5.56 Å². The Morgan fingerprint density at radius 2 is 1.88 bits per heavy atom. The molecule has 0 radical (unpaired) electrons. The zero-order valence-electron chi connectivity index (χ0n) is 13.1. The summed E-state index contributed by atoms with van der Waals surface area (Å²) in [6, 6.07) is 16.9. The summed E-state index contributed by atoms with van der Waals surface area (Å²) in [6.07, 6.45) is 1.53. The number of hydrogen-bond acceptors (Lipinski definition) is 5. The number of nitrogens with zero attached hydrogens (tertiary/aromatic N) is 2. The molecule has 0 saturated carbocycles. The summed E-state index contributed by atoms with van der Waals surface area (Å²) in [5.74, 6) is 0.776. The minimum atomic E-state index is -3.54. The number of rotatable bonds is 6. The van der Waals surface area contributed by atoms with Crippen molar-refractivity contribution in [3.8, 4) is 0 Å². The molecule has 0 aliphatic heterocycles. The summed E-state index contributed by atoms with van der Waals surface area (Å²) in [7, 11) is -1.59.